The van der Waals surface area contributed by atoms with Gasteiger partial charge in [0.05, 0.1) is 36.9 Å². The van der Waals surface area contributed by atoms with Gasteiger partial charge in [0, 0.05) is 12.7 Å². The van der Waals surface area contributed by atoms with Crippen molar-refractivity contribution in [1.29, 1.82) is 0 Å². The molecule has 3 rings (SSSR count). The third-order valence-electron chi connectivity index (χ3n) is 3.42. The summed E-state index contributed by atoms with van der Waals surface area (Å²) in [5.41, 5.74) is 0.838. The van der Waals surface area contributed by atoms with Crippen molar-refractivity contribution in [2.24, 2.45) is 0 Å². The van der Waals surface area contributed by atoms with E-state index in [9.17, 15) is 4.39 Å². The molecule has 8 nitrogen and oxygen atoms in total. The van der Waals surface area contributed by atoms with E-state index in [4.69, 9.17) is 11.6 Å². The van der Waals surface area contributed by atoms with E-state index >= 15 is 0 Å². The van der Waals surface area contributed by atoms with Crippen molar-refractivity contribution >= 4 is 17.5 Å². The van der Waals surface area contributed by atoms with Gasteiger partial charge in [0.25, 0.3) is 0 Å². The van der Waals surface area contributed by atoms with E-state index in [1.165, 1.54) is 0 Å². The summed E-state index contributed by atoms with van der Waals surface area (Å²) in [5.74, 6) is 0.718. The minimum atomic E-state index is -0.493. The summed E-state index contributed by atoms with van der Waals surface area (Å²) in [7, 11) is 0. The Bertz CT molecular complexity index is 851. The number of halogens is 2. The molecule has 0 saturated heterocycles. The minimum Gasteiger partial charge on any atom is -0.344 e. The first-order chi connectivity index (χ1) is 12.0. The predicted octanol–water partition coefficient (Wildman–Crippen LogP) is 2.43. The summed E-state index contributed by atoms with van der Waals surface area (Å²) in [5, 5.41) is 3.12. The van der Waals surface area contributed by atoms with Gasteiger partial charge in [0.15, 0.2) is 5.82 Å². The smallest absolute Gasteiger partial charge is 0.227 e. The molecule has 1 atom stereocenters. The molecule has 0 fully saturated rings. The Morgan fingerprint density at radius 2 is 1.96 bits per heavy atom. The summed E-state index contributed by atoms with van der Waals surface area (Å²) in [4.78, 5) is 24.7. The van der Waals surface area contributed by atoms with Gasteiger partial charge >= 0.3 is 0 Å². The molecular formula is C15H16ClFN8. The molecule has 0 radical (unpaired) electrons. The van der Waals surface area contributed by atoms with Gasteiger partial charge in [-0.2, -0.15) is 9.97 Å². The molecule has 25 heavy (non-hydrogen) atoms. The van der Waals surface area contributed by atoms with E-state index in [0.717, 1.165) is 24.6 Å². The van der Waals surface area contributed by atoms with Gasteiger partial charge in [-0.1, -0.05) is 0 Å². The summed E-state index contributed by atoms with van der Waals surface area (Å²) in [6.45, 7) is 4.69. The highest BCUT2D eigenvalue weighted by molar-refractivity contribution is 6.28. The van der Waals surface area contributed by atoms with Gasteiger partial charge in [0.1, 0.15) is 11.6 Å². The zero-order chi connectivity index (χ0) is 17.8. The van der Waals surface area contributed by atoms with Gasteiger partial charge in [-0.15, -0.1) is 0 Å². The molecule has 0 saturated carbocycles. The summed E-state index contributed by atoms with van der Waals surface area (Å²) in [6.07, 6.45) is 6.34. The Kier molecular flexibility index (Phi) is 5.13. The van der Waals surface area contributed by atoms with Crippen LogP contribution in [0, 0.1) is 5.82 Å². The van der Waals surface area contributed by atoms with Crippen LogP contribution >= 0.6 is 11.6 Å². The average Bonchev–Trinajstić information content (AvgIpc) is 3.02. The summed E-state index contributed by atoms with van der Waals surface area (Å²) < 4.78 is 14.9. The Morgan fingerprint density at radius 1 is 1.20 bits per heavy atom. The molecule has 1 N–H and O–H groups in total. The molecule has 0 amide bonds. The number of nitrogens with zero attached hydrogens (tertiary/aromatic N) is 7. The molecule has 3 aromatic rings. The topological polar surface area (TPSA) is 94.3 Å². The lowest BCUT2D eigenvalue weighted by Gasteiger charge is -2.12. The zero-order valence-electron chi connectivity index (χ0n) is 13.7. The first-order valence-electron chi connectivity index (χ1n) is 7.68. The lowest BCUT2D eigenvalue weighted by Crippen LogP contribution is -2.14. The monoisotopic (exact) mass is 362 g/mol. The van der Waals surface area contributed by atoms with Crippen molar-refractivity contribution in [3.63, 3.8) is 0 Å². The second-order valence-electron chi connectivity index (χ2n) is 5.34. The van der Waals surface area contributed by atoms with Crippen LogP contribution in [-0.2, 0) is 13.0 Å². The molecule has 3 heterocycles. The first kappa shape index (κ1) is 17.2. The number of aryl methyl sites for hydroxylation is 1. The zero-order valence-corrected chi connectivity index (χ0v) is 14.4. The normalized spacial score (nSPS) is 12.2. The van der Waals surface area contributed by atoms with E-state index in [-0.39, 0.29) is 11.3 Å². The fourth-order valence-corrected chi connectivity index (χ4v) is 2.35. The quantitative estimate of drug-likeness (QED) is 0.719. The highest BCUT2D eigenvalue weighted by Crippen LogP contribution is 2.15. The molecule has 0 aromatic carbocycles. The van der Waals surface area contributed by atoms with Crippen LogP contribution in [0.2, 0.25) is 5.28 Å². The number of aromatic nitrogens is 7. The van der Waals surface area contributed by atoms with E-state index in [1.807, 2.05) is 24.6 Å². The molecule has 130 valence electrons. The van der Waals surface area contributed by atoms with Crippen molar-refractivity contribution in [3.8, 4) is 0 Å². The van der Waals surface area contributed by atoms with Crippen molar-refractivity contribution < 1.29 is 4.39 Å². The molecule has 3 aromatic heterocycles. The molecule has 0 bridgehead atoms. The highest BCUT2D eigenvalue weighted by atomic mass is 35.5. The molecule has 0 unspecified atom stereocenters. The highest BCUT2D eigenvalue weighted by Gasteiger charge is 2.13. The maximum atomic E-state index is 12.9. The van der Waals surface area contributed by atoms with Crippen molar-refractivity contribution in [1.82, 2.24) is 34.5 Å². The number of imidazole rings is 1. The number of nitrogens with one attached hydrogen (secondary N) is 1. The van der Waals surface area contributed by atoms with Crippen LogP contribution in [0.1, 0.15) is 37.2 Å². The lowest BCUT2D eigenvalue weighted by molar-refractivity contribution is 0.604. The Morgan fingerprint density at radius 3 is 2.64 bits per heavy atom. The predicted molar refractivity (Wildman–Crippen MR) is 89.6 cm³/mol. The largest absolute Gasteiger partial charge is 0.344 e. The maximum Gasteiger partial charge on any atom is 0.227 e. The summed E-state index contributed by atoms with van der Waals surface area (Å²) in [6, 6.07) is -0.328. The van der Waals surface area contributed by atoms with Gasteiger partial charge in [-0.3, -0.25) is 0 Å². The van der Waals surface area contributed by atoms with Crippen LogP contribution < -0.4 is 5.32 Å². The van der Waals surface area contributed by atoms with Crippen molar-refractivity contribution in [3.05, 3.63) is 53.4 Å². The van der Waals surface area contributed by atoms with Gasteiger partial charge < -0.3 is 9.88 Å². The fourth-order valence-electron chi connectivity index (χ4n) is 2.17. The third-order valence-corrected chi connectivity index (χ3v) is 3.59. The SMILES string of the molecule is CCn1cnc(Cc2nc(Cl)nc(N[C@@H](C)c3ncc(F)cn3)n2)c1. The Labute approximate surface area is 148 Å². The van der Waals surface area contributed by atoms with Crippen LogP contribution in [0.25, 0.3) is 0 Å². The number of anilines is 1. The third kappa shape index (κ3) is 4.44. The standard InChI is InChI=1S/C15H16ClFN8/c1-3-25-7-11(20-8-25)4-12-22-14(16)24-15(23-12)21-9(2)13-18-5-10(17)6-19-13/h5-9H,3-4H2,1-2H3,(H,21,22,23,24)/t9-/m0/s1. The van der Waals surface area contributed by atoms with Crippen LogP contribution in [-0.4, -0.2) is 34.5 Å². The van der Waals surface area contributed by atoms with Gasteiger partial charge in [-0.05, 0) is 25.4 Å². The maximum absolute atomic E-state index is 12.9. The average molecular weight is 363 g/mol. The van der Waals surface area contributed by atoms with E-state index in [0.29, 0.717) is 24.0 Å². The Balaban J connectivity index is 1.75. The lowest BCUT2D eigenvalue weighted by atomic mass is 10.3. The van der Waals surface area contributed by atoms with Crippen LogP contribution in [0.4, 0.5) is 10.3 Å². The number of hydrogen-bond donors (Lipinski definition) is 1. The van der Waals surface area contributed by atoms with Crippen LogP contribution in [0.5, 0.6) is 0 Å². The number of rotatable bonds is 6. The van der Waals surface area contributed by atoms with Gasteiger partial charge in [0.2, 0.25) is 11.2 Å². The van der Waals surface area contributed by atoms with E-state index < -0.39 is 5.82 Å². The first-order valence-corrected chi connectivity index (χ1v) is 8.06. The second-order valence-corrected chi connectivity index (χ2v) is 5.68. The minimum absolute atomic E-state index is 0.0784. The van der Waals surface area contributed by atoms with Crippen LogP contribution in [0.3, 0.4) is 0 Å². The molecule has 0 aliphatic rings. The molecule has 0 spiro atoms. The van der Waals surface area contributed by atoms with Crippen molar-refractivity contribution in [2.75, 3.05) is 5.32 Å². The molecule has 0 aliphatic carbocycles. The fraction of sp³-hybridized carbons (Fsp3) is 0.333. The van der Waals surface area contributed by atoms with Crippen LogP contribution in [0.15, 0.2) is 24.9 Å². The molecular weight excluding hydrogens is 347 g/mol. The summed E-state index contributed by atoms with van der Waals surface area (Å²) >= 11 is 5.99. The number of hydrogen-bond acceptors (Lipinski definition) is 7. The van der Waals surface area contributed by atoms with Gasteiger partial charge in [-0.25, -0.2) is 24.3 Å². The van der Waals surface area contributed by atoms with Crippen molar-refractivity contribution in [2.45, 2.75) is 32.9 Å². The van der Waals surface area contributed by atoms with E-state index in [2.05, 4.69) is 35.2 Å². The second kappa shape index (κ2) is 7.47. The molecule has 0 aliphatic heterocycles. The van der Waals surface area contributed by atoms with E-state index in [1.54, 1.807) is 6.33 Å². The Hall–Kier alpha value is -2.68. The molecule has 10 heteroatoms.